The Morgan fingerprint density at radius 3 is 2.56 bits per heavy atom. The summed E-state index contributed by atoms with van der Waals surface area (Å²) in [6.45, 7) is 3.68. The SMILES string of the molecule is CCC(O)(CC)C(=O)CCc1ccnn1C. The number of hydrogen-bond donors (Lipinski definition) is 1. The number of nitrogens with zero attached hydrogens (tertiary/aromatic N) is 2. The van der Waals surface area contributed by atoms with Gasteiger partial charge in [-0.2, -0.15) is 5.10 Å². The van der Waals surface area contributed by atoms with E-state index in [0.717, 1.165) is 5.69 Å². The molecule has 0 aliphatic carbocycles. The molecule has 1 aromatic heterocycles. The number of aryl methyl sites for hydroxylation is 2. The van der Waals surface area contributed by atoms with E-state index in [1.807, 2.05) is 27.0 Å². The third-order valence-corrected chi connectivity index (χ3v) is 3.22. The number of aliphatic hydroxyl groups is 1. The minimum atomic E-state index is -1.14. The largest absolute Gasteiger partial charge is 0.382 e. The molecule has 90 valence electrons. The van der Waals surface area contributed by atoms with E-state index in [9.17, 15) is 9.90 Å². The summed E-state index contributed by atoms with van der Waals surface area (Å²) in [7, 11) is 1.85. The van der Waals surface area contributed by atoms with Gasteiger partial charge in [0.05, 0.1) is 0 Å². The second kappa shape index (κ2) is 5.25. The highest BCUT2D eigenvalue weighted by atomic mass is 16.3. The van der Waals surface area contributed by atoms with Gasteiger partial charge in [-0.15, -0.1) is 0 Å². The van der Waals surface area contributed by atoms with E-state index >= 15 is 0 Å². The van der Waals surface area contributed by atoms with Crippen molar-refractivity contribution < 1.29 is 9.90 Å². The van der Waals surface area contributed by atoms with E-state index in [-0.39, 0.29) is 5.78 Å². The standard InChI is InChI=1S/C12H20N2O2/c1-4-12(16,5-2)11(15)7-6-10-8-9-13-14(10)3/h8-9,16H,4-7H2,1-3H3. The van der Waals surface area contributed by atoms with E-state index in [1.165, 1.54) is 0 Å². The minimum absolute atomic E-state index is 0.0706. The van der Waals surface area contributed by atoms with Crippen LogP contribution in [0.4, 0.5) is 0 Å². The van der Waals surface area contributed by atoms with Crippen molar-refractivity contribution in [2.75, 3.05) is 0 Å². The van der Waals surface area contributed by atoms with Gasteiger partial charge in [0, 0.05) is 25.4 Å². The fourth-order valence-corrected chi connectivity index (χ4v) is 1.77. The van der Waals surface area contributed by atoms with Crippen LogP contribution in [-0.2, 0) is 18.3 Å². The Kier molecular flexibility index (Phi) is 4.24. The first-order chi connectivity index (χ1) is 7.53. The summed E-state index contributed by atoms with van der Waals surface area (Å²) in [5, 5.41) is 14.1. The lowest BCUT2D eigenvalue weighted by Gasteiger charge is -2.23. The van der Waals surface area contributed by atoms with Gasteiger partial charge in [-0.05, 0) is 25.3 Å². The highest BCUT2D eigenvalue weighted by molar-refractivity contribution is 5.87. The Balaban J connectivity index is 2.56. The zero-order valence-electron chi connectivity index (χ0n) is 10.2. The molecule has 1 rings (SSSR count). The number of carbonyl (C=O) groups is 1. The molecule has 4 heteroatoms. The summed E-state index contributed by atoms with van der Waals surface area (Å²) >= 11 is 0. The number of carbonyl (C=O) groups excluding carboxylic acids is 1. The third-order valence-electron chi connectivity index (χ3n) is 3.22. The molecular weight excluding hydrogens is 204 g/mol. The Labute approximate surface area is 96.3 Å². The van der Waals surface area contributed by atoms with Gasteiger partial charge < -0.3 is 5.11 Å². The Hall–Kier alpha value is -1.16. The van der Waals surface area contributed by atoms with Gasteiger partial charge >= 0.3 is 0 Å². The molecule has 0 spiro atoms. The number of rotatable bonds is 6. The molecule has 0 aromatic carbocycles. The molecule has 0 atom stereocenters. The normalized spacial score (nSPS) is 11.8. The summed E-state index contributed by atoms with van der Waals surface area (Å²) < 4.78 is 1.75. The van der Waals surface area contributed by atoms with Crippen molar-refractivity contribution in [3.05, 3.63) is 18.0 Å². The molecule has 0 aliphatic heterocycles. The molecule has 0 radical (unpaired) electrons. The lowest BCUT2D eigenvalue weighted by Crippen LogP contribution is -2.37. The summed E-state index contributed by atoms with van der Waals surface area (Å²) in [6.07, 6.45) is 3.68. The first-order valence-corrected chi connectivity index (χ1v) is 5.76. The van der Waals surface area contributed by atoms with Gasteiger partial charge in [0.2, 0.25) is 0 Å². The topological polar surface area (TPSA) is 55.1 Å². The summed E-state index contributed by atoms with van der Waals surface area (Å²) in [4.78, 5) is 11.9. The van der Waals surface area contributed by atoms with Crippen LogP contribution in [0.15, 0.2) is 12.3 Å². The van der Waals surface area contributed by atoms with Crippen LogP contribution >= 0.6 is 0 Å². The van der Waals surface area contributed by atoms with Crippen LogP contribution in [0, 0.1) is 0 Å². The molecule has 4 nitrogen and oxygen atoms in total. The van der Waals surface area contributed by atoms with E-state index < -0.39 is 5.60 Å². The molecule has 0 bridgehead atoms. The summed E-state index contributed by atoms with van der Waals surface area (Å²) in [6, 6.07) is 1.89. The van der Waals surface area contributed by atoms with Crippen LogP contribution in [0.1, 0.15) is 38.8 Å². The van der Waals surface area contributed by atoms with Crippen LogP contribution in [-0.4, -0.2) is 26.3 Å². The van der Waals surface area contributed by atoms with Crippen molar-refractivity contribution in [1.29, 1.82) is 0 Å². The second-order valence-electron chi connectivity index (χ2n) is 4.11. The zero-order valence-corrected chi connectivity index (χ0v) is 10.2. The van der Waals surface area contributed by atoms with E-state index in [2.05, 4.69) is 5.10 Å². The highest BCUT2D eigenvalue weighted by Gasteiger charge is 2.30. The smallest absolute Gasteiger partial charge is 0.164 e. The maximum absolute atomic E-state index is 11.9. The van der Waals surface area contributed by atoms with Gasteiger partial charge in [-0.25, -0.2) is 0 Å². The fourth-order valence-electron chi connectivity index (χ4n) is 1.77. The van der Waals surface area contributed by atoms with Crippen LogP contribution in [0.5, 0.6) is 0 Å². The molecule has 0 fully saturated rings. The van der Waals surface area contributed by atoms with Crippen LogP contribution in [0.2, 0.25) is 0 Å². The molecule has 0 saturated heterocycles. The predicted octanol–water partition coefficient (Wildman–Crippen LogP) is 1.47. The molecule has 0 unspecified atom stereocenters. The van der Waals surface area contributed by atoms with Crippen molar-refractivity contribution in [1.82, 2.24) is 9.78 Å². The van der Waals surface area contributed by atoms with Crippen molar-refractivity contribution >= 4 is 5.78 Å². The van der Waals surface area contributed by atoms with Gasteiger partial charge in [-0.3, -0.25) is 9.48 Å². The minimum Gasteiger partial charge on any atom is -0.382 e. The number of hydrogen-bond acceptors (Lipinski definition) is 3. The maximum Gasteiger partial charge on any atom is 0.164 e. The molecule has 1 aromatic rings. The lowest BCUT2D eigenvalue weighted by atomic mass is 9.89. The zero-order chi connectivity index (χ0) is 12.2. The molecular formula is C12H20N2O2. The average molecular weight is 224 g/mol. The first kappa shape index (κ1) is 12.9. The summed E-state index contributed by atoms with van der Waals surface area (Å²) in [5.74, 6) is -0.0706. The van der Waals surface area contributed by atoms with Crippen molar-refractivity contribution in [2.24, 2.45) is 7.05 Å². The maximum atomic E-state index is 11.9. The third kappa shape index (κ3) is 2.70. The fraction of sp³-hybridized carbons (Fsp3) is 0.667. The number of ketones is 1. The van der Waals surface area contributed by atoms with Gasteiger partial charge in [0.15, 0.2) is 5.78 Å². The second-order valence-corrected chi connectivity index (χ2v) is 4.11. The predicted molar refractivity (Wildman–Crippen MR) is 62.1 cm³/mol. The molecule has 16 heavy (non-hydrogen) atoms. The number of Topliss-reactive ketones (excluding diaryl/α,β-unsaturated/α-hetero) is 1. The number of aromatic nitrogens is 2. The monoisotopic (exact) mass is 224 g/mol. The van der Waals surface area contributed by atoms with Gasteiger partial charge in [0.1, 0.15) is 5.60 Å². The lowest BCUT2D eigenvalue weighted by molar-refractivity contribution is -0.138. The molecule has 0 aliphatic rings. The molecule has 1 heterocycles. The van der Waals surface area contributed by atoms with Crippen LogP contribution in [0.25, 0.3) is 0 Å². The quantitative estimate of drug-likeness (QED) is 0.796. The Morgan fingerprint density at radius 2 is 2.12 bits per heavy atom. The van der Waals surface area contributed by atoms with Gasteiger partial charge in [0.25, 0.3) is 0 Å². The average Bonchev–Trinajstić information content (AvgIpc) is 2.70. The van der Waals surface area contributed by atoms with Gasteiger partial charge in [-0.1, -0.05) is 13.8 Å². The Morgan fingerprint density at radius 1 is 1.50 bits per heavy atom. The van der Waals surface area contributed by atoms with E-state index in [1.54, 1.807) is 10.9 Å². The summed E-state index contributed by atoms with van der Waals surface area (Å²) in [5.41, 5.74) is -0.124. The van der Waals surface area contributed by atoms with E-state index in [4.69, 9.17) is 0 Å². The Bertz CT molecular complexity index is 354. The van der Waals surface area contributed by atoms with E-state index in [0.29, 0.717) is 25.7 Å². The molecule has 0 saturated carbocycles. The van der Waals surface area contributed by atoms with Crippen molar-refractivity contribution in [3.8, 4) is 0 Å². The highest BCUT2D eigenvalue weighted by Crippen LogP contribution is 2.18. The van der Waals surface area contributed by atoms with Crippen LogP contribution in [0.3, 0.4) is 0 Å². The molecule has 0 amide bonds. The van der Waals surface area contributed by atoms with Crippen LogP contribution < -0.4 is 0 Å². The first-order valence-electron chi connectivity index (χ1n) is 5.76. The van der Waals surface area contributed by atoms with Crippen molar-refractivity contribution in [3.63, 3.8) is 0 Å². The molecule has 1 N–H and O–H groups in total. The van der Waals surface area contributed by atoms with Crippen molar-refractivity contribution in [2.45, 2.75) is 45.1 Å².